The molecule has 3 rings (SSSR count). The fourth-order valence-electron chi connectivity index (χ4n) is 3.85. The molecule has 1 saturated heterocycles. The molecule has 0 radical (unpaired) electrons. The van der Waals surface area contributed by atoms with E-state index in [-0.39, 0.29) is 30.2 Å². The van der Waals surface area contributed by atoms with Crippen molar-refractivity contribution >= 4 is 18.3 Å². The minimum Gasteiger partial charge on any atom is -0.348 e. The van der Waals surface area contributed by atoms with Crippen LogP contribution in [0, 0.1) is 17.7 Å². The summed E-state index contributed by atoms with van der Waals surface area (Å²) in [6.45, 7) is 4.26. The molecule has 1 aliphatic heterocycles. The largest absolute Gasteiger partial charge is 0.348 e. The molecule has 1 aromatic carbocycles. The van der Waals surface area contributed by atoms with Gasteiger partial charge in [0.25, 0.3) is 0 Å². The van der Waals surface area contributed by atoms with Gasteiger partial charge in [0, 0.05) is 19.1 Å². The molecule has 1 saturated carbocycles. The average molecular weight is 342 g/mol. The van der Waals surface area contributed by atoms with Gasteiger partial charge in [0.2, 0.25) is 5.91 Å². The van der Waals surface area contributed by atoms with Crippen LogP contribution in [0.4, 0.5) is 4.39 Å². The van der Waals surface area contributed by atoms with Crippen LogP contribution in [0.25, 0.3) is 0 Å². The van der Waals surface area contributed by atoms with Crippen LogP contribution >= 0.6 is 12.4 Å². The van der Waals surface area contributed by atoms with Crippen LogP contribution in [0.3, 0.4) is 0 Å². The lowest BCUT2D eigenvalue weighted by Gasteiger charge is -2.20. The second kappa shape index (κ2) is 7.60. The maximum atomic E-state index is 12.9. The predicted octanol–water partition coefficient (Wildman–Crippen LogP) is 2.09. The fourth-order valence-corrected chi connectivity index (χ4v) is 3.85. The van der Waals surface area contributed by atoms with E-state index >= 15 is 0 Å². The van der Waals surface area contributed by atoms with Gasteiger partial charge < -0.3 is 11.1 Å². The lowest BCUT2D eigenvalue weighted by molar-refractivity contribution is -0.122. The molecule has 4 nitrogen and oxygen atoms in total. The number of benzene rings is 1. The molecule has 2 fully saturated rings. The van der Waals surface area contributed by atoms with Gasteiger partial charge in [-0.1, -0.05) is 12.1 Å². The molecule has 1 aromatic rings. The molecular formula is C17H25ClFN3O. The number of carbonyl (C=O) groups is 1. The maximum Gasteiger partial charge on any atom is 0.234 e. The SMILES string of the molecule is CC(NC(=O)CN1CC2CCC(N)C2C1)c1ccc(F)cc1.Cl. The van der Waals surface area contributed by atoms with Gasteiger partial charge in [-0.25, -0.2) is 4.39 Å². The van der Waals surface area contributed by atoms with Crippen molar-refractivity contribution in [1.29, 1.82) is 0 Å². The number of rotatable bonds is 4. The lowest BCUT2D eigenvalue weighted by atomic mass is 9.98. The Kier molecular flexibility index (Phi) is 6.00. The normalized spacial score (nSPS) is 28.0. The van der Waals surface area contributed by atoms with E-state index in [0.717, 1.165) is 25.1 Å². The van der Waals surface area contributed by atoms with Crippen molar-refractivity contribution in [3.63, 3.8) is 0 Å². The van der Waals surface area contributed by atoms with Gasteiger partial charge in [0.05, 0.1) is 12.6 Å². The molecule has 1 amide bonds. The highest BCUT2D eigenvalue weighted by Crippen LogP contribution is 2.36. The standard InChI is InChI=1S/C17H24FN3O.ClH/c1-11(12-2-5-14(18)6-3-12)20-17(22)10-21-8-13-4-7-16(19)15(13)9-21;/h2-3,5-6,11,13,15-16H,4,7-10,19H2,1H3,(H,20,22);1H. The van der Waals surface area contributed by atoms with Crippen molar-refractivity contribution in [3.05, 3.63) is 35.6 Å². The van der Waals surface area contributed by atoms with Crippen LogP contribution in [0.2, 0.25) is 0 Å². The number of hydrogen-bond acceptors (Lipinski definition) is 3. The van der Waals surface area contributed by atoms with Crippen molar-refractivity contribution in [2.45, 2.75) is 31.8 Å². The molecule has 0 spiro atoms. The quantitative estimate of drug-likeness (QED) is 0.881. The van der Waals surface area contributed by atoms with Gasteiger partial charge in [0.15, 0.2) is 0 Å². The Morgan fingerprint density at radius 1 is 1.35 bits per heavy atom. The third-order valence-electron chi connectivity index (χ3n) is 5.10. The van der Waals surface area contributed by atoms with Crippen molar-refractivity contribution in [1.82, 2.24) is 10.2 Å². The minimum absolute atomic E-state index is 0. The number of nitrogens with one attached hydrogen (secondary N) is 1. The Labute approximate surface area is 143 Å². The van der Waals surface area contributed by atoms with E-state index in [0.29, 0.717) is 24.4 Å². The van der Waals surface area contributed by atoms with E-state index < -0.39 is 0 Å². The van der Waals surface area contributed by atoms with Crippen molar-refractivity contribution in [2.24, 2.45) is 17.6 Å². The highest BCUT2D eigenvalue weighted by atomic mass is 35.5. The third-order valence-corrected chi connectivity index (χ3v) is 5.10. The summed E-state index contributed by atoms with van der Waals surface area (Å²) in [5.74, 6) is 0.979. The number of halogens is 2. The van der Waals surface area contributed by atoms with E-state index in [1.165, 1.54) is 18.6 Å². The van der Waals surface area contributed by atoms with Crippen molar-refractivity contribution in [2.75, 3.05) is 19.6 Å². The Bertz CT molecular complexity index is 539. The molecular weight excluding hydrogens is 317 g/mol. The monoisotopic (exact) mass is 341 g/mol. The highest BCUT2D eigenvalue weighted by Gasteiger charge is 2.41. The summed E-state index contributed by atoms with van der Waals surface area (Å²) in [6.07, 6.45) is 2.31. The van der Waals surface area contributed by atoms with Crippen molar-refractivity contribution in [3.8, 4) is 0 Å². The summed E-state index contributed by atoms with van der Waals surface area (Å²) in [4.78, 5) is 14.4. The zero-order chi connectivity index (χ0) is 15.7. The number of amides is 1. The smallest absolute Gasteiger partial charge is 0.234 e. The fraction of sp³-hybridized carbons (Fsp3) is 0.588. The highest BCUT2D eigenvalue weighted by molar-refractivity contribution is 5.85. The zero-order valence-electron chi connectivity index (χ0n) is 13.4. The minimum atomic E-state index is -0.262. The van der Waals surface area contributed by atoms with E-state index in [1.807, 2.05) is 6.92 Å². The molecule has 128 valence electrons. The van der Waals surface area contributed by atoms with Crippen LogP contribution < -0.4 is 11.1 Å². The van der Waals surface area contributed by atoms with Gasteiger partial charge in [-0.2, -0.15) is 0 Å². The molecule has 23 heavy (non-hydrogen) atoms. The Balaban J connectivity index is 0.00000192. The molecule has 4 atom stereocenters. The number of likely N-dealkylation sites (tertiary alicyclic amines) is 1. The van der Waals surface area contributed by atoms with E-state index in [9.17, 15) is 9.18 Å². The number of fused-ring (bicyclic) bond motifs is 1. The maximum absolute atomic E-state index is 12.9. The molecule has 4 unspecified atom stereocenters. The van der Waals surface area contributed by atoms with Crippen LogP contribution in [0.1, 0.15) is 31.4 Å². The van der Waals surface area contributed by atoms with Crippen LogP contribution in [-0.2, 0) is 4.79 Å². The van der Waals surface area contributed by atoms with Gasteiger partial charge in [-0.3, -0.25) is 9.69 Å². The summed E-state index contributed by atoms with van der Waals surface area (Å²) in [6, 6.07) is 6.44. The Hall–Kier alpha value is -1.17. The summed E-state index contributed by atoms with van der Waals surface area (Å²) < 4.78 is 12.9. The van der Waals surface area contributed by atoms with E-state index in [4.69, 9.17) is 5.73 Å². The Morgan fingerprint density at radius 3 is 2.70 bits per heavy atom. The van der Waals surface area contributed by atoms with E-state index in [1.54, 1.807) is 12.1 Å². The molecule has 6 heteroatoms. The first-order chi connectivity index (χ1) is 10.5. The summed E-state index contributed by atoms with van der Waals surface area (Å²) in [7, 11) is 0. The number of nitrogens with zero attached hydrogens (tertiary/aromatic N) is 1. The summed E-state index contributed by atoms with van der Waals surface area (Å²) in [5.41, 5.74) is 7.04. The number of nitrogens with two attached hydrogens (primary N) is 1. The van der Waals surface area contributed by atoms with Gasteiger partial charge in [-0.05, 0) is 49.3 Å². The van der Waals surface area contributed by atoms with E-state index in [2.05, 4.69) is 10.2 Å². The third kappa shape index (κ3) is 4.22. The molecule has 2 aliphatic rings. The second-order valence-electron chi connectivity index (χ2n) is 6.70. The van der Waals surface area contributed by atoms with Crippen LogP contribution in [0.15, 0.2) is 24.3 Å². The first-order valence-corrected chi connectivity index (χ1v) is 8.05. The van der Waals surface area contributed by atoms with Gasteiger partial charge in [-0.15, -0.1) is 12.4 Å². The molecule has 1 aliphatic carbocycles. The molecule has 3 N–H and O–H groups in total. The lowest BCUT2D eigenvalue weighted by Crippen LogP contribution is -2.38. The predicted molar refractivity (Wildman–Crippen MR) is 90.8 cm³/mol. The first-order valence-electron chi connectivity index (χ1n) is 8.05. The van der Waals surface area contributed by atoms with Crippen LogP contribution in [-0.4, -0.2) is 36.5 Å². The number of carbonyl (C=O) groups excluding carboxylic acids is 1. The summed E-state index contributed by atoms with van der Waals surface area (Å²) >= 11 is 0. The topological polar surface area (TPSA) is 58.4 Å². The molecule has 0 bridgehead atoms. The zero-order valence-corrected chi connectivity index (χ0v) is 14.2. The molecule has 0 aromatic heterocycles. The number of hydrogen-bond donors (Lipinski definition) is 2. The van der Waals surface area contributed by atoms with Gasteiger partial charge in [0.1, 0.15) is 5.82 Å². The summed E-state index contributed by atoms with van der Waals surface area (Å²) in [5, 5.41) is 2.99. The second-order valence-corrected chi connectivity index (χ2v) is 6.70. The van der Waals surface area contributed by atoms with Gasteiger partial charge >= 0.3 is 0 Å². The molecule has 1 heterocycles. The average Bonchev–Trinajstić information content (AvgIpc) is 3.01. The Morgan fingerprint density at radius 2 is 2.04 bits per heavy atom. The first kappa shape index (κ1) is 18.2. The van der Waals surface area contributed by atoms with Crippen molar-refractivity contribution < 1.29 is 9.18 Å². The van der Waals surface area contributed by atoms with Crippen LogP contribution in [0.5, 0.6) is 0 Å².